The van der Waals surface area contributed by atoms with Gasteiger partial charge in [-0.05, 0) is 50.5 Å². The number of carbonyl (C=O) groups excluding carboxylic acids is 3. The molecule has 4 rings (SSSR count). The van der Waals surface area contributed by atoms with Gasteiger partial charge in [-0.2, -0.15) is 13.2 Å². The second-order valence-corrected chi connectivity index (χ2v) is 9.44. The number of methoxy groups -OCH3 is 1. The Bertz CT molecular complexity index is 1390. The van der Waals surface area contributed by atoms with E-state index in [2.05, 4.69) is 5.32 Å². The van der Waals surface area contributed by atoms with Gasteiger partial charge in [-0.3, -0.25) is 9.59 Å². The van der Waals surface area contributed by atoms with E-state index >= 15 is 0 Å². The average Bonchev–Trinajstić information content (AvgIpc) is 2.91. The Morgan fingerprint density at radius 2 is 1.60 bits per heavy atom. The molecule has 0 radical (unpaired) electrons. The fourth-order valence-electron chi connectivity index (χ4n) is 5.60. The number of rotatable bonds is 7. The maximum atomic E-state index is 14.3. The van der Waals surface area contributed by atoms with Crippen LogP contribution in [-0.4, -0.2) is 38.0 Å². The summed E-state index contributed by atoms with van der Waals surface area (Å²) in [7, 11) is 1.47. The van der Waals surface area contributed by atoms with Gasteiger partial charge in [0.25, 0.3) is 0 Å². The first-order valence-corrected chi connectivity index (χ1v) is 12.9. The predicted molar refractivity (Wildman–Crippen MR) is 139 cm³/mol. The van der Waals surface area contributed by atoms with Crippen molar-refractivity contribution in [2.45, 2.75) is 45.2 Å². The normalized spacial score (nSPS) is 21.0. The molecule has 0 amide bonds. The number of alkyl halides is 3. The Kier molecular flexibility index (Phi) is 8.37. The number of benzene rings is 2. The van der Waals surface area contributed by atoms with Crippen molar-refractivity contribution in [3.63, 3.8) is 0 Å². The highest BCUT2D eigenvalue weighted by Gasteiger charge is 2.51. The van der Waals surface area contributed by atoms with E-state index in [9.17, 15) is 27.6 Å². The minimum atomic E-state index is -4.77. The summed E-state index contributed by atoms with van der Waals surface area (Å²) in [5.74, 6) is -5.46. The molecule has 1 aliphatic carbocycles. The Morgan fingerprint density at radius 1 is 0.975 bits per heavy atom. The monoisotopic (exact) mass is 557 g/mol. The van der Waals surface area contributed by atoms with Crippen LogP contribution in [-0.2, 0) is 30.0 Å². The molecule has 212 valence electrons. The quantitative estimate of drug-likeness (QED) is 0.359. The number of allylic oxidation sites excluding steroid dienone is 3. The highest BCUT2D eigenvalue weighted by Crippen LogP contribution is 2.51. The third kappa shape index (κ3) is 5.22. The van der Waals surface area contributed by atoms with Crippen molar-refractivity contribution in [3.05, 3.63) is 87.8 Å². The van der Waals surface area contributed by atoms with E-state index in [4.69, 9.17) is 14.2 Å². The Labute approximate surface area is 230 Å². The zero-order chi connectivity index (χ0) is 29.2. The molecule has 2 aliphatic rings. The van der Waals surface area contributed by atoms with E-state index in [-0.39, 0.29) is 42.0 Å². The number of Topliss-reactive ketones (excluding diaryl/α,β-unsaturated/α-hetero) is 1. The molecule has 0 saturated carbocycles. The van der Waals surface area contributed by atoms with Crippen LogP contribution in [0.4, 0.5) is 13.2 Å². The maximum absolute atomic E-state index is 14.3. The van der Waals surface area contributed by atoms with Crippen LogP contribution in [0.5, 0.6) is 5.75 Å². The van der Waals surface area contributed by atoms with Crippen LogP contribution in [0.25, 0.3) is 0 Å². The van der Waals surface area contributed by atoms with E-state index in [0.29, 0.717) is 17.0 Å². The lowest BCUT2D eigenvalue weighted by Crippen LogP contribution is -2.43. The van der Waals surface area contributed by atoms with Crippen LogP contribution in [0.1, 0.15) is 55.7 Å². The van der Waals surface area contributed by atoms with Gasteiger partial charge < -0.3 is 19.5 Å². The van der Waals surface area contributed by atoms with E-state index in [1.165, 1.54) is 25.3 Å². The van der Waals surface area contributed by atoms with Crippen LogP contribution in [0.2, 0.25) is 0 Å². The zero-order valence-corrected chi connectivity index (χ0v) is 22.6. The molecule has 1 aliphatic heterocycles. The number of ketones is 1. The summed E-state index contributed by atoms with van der Waals surface area (Å²) in [5, 5.41) is 3.09. The second-order valence-electron chi connectivity index (χ2n) is 9.44. The SMILES string of the molecule is CCOC(=O)C1=C(C)NC2=C(C(=O)[C@H](C(=O)OCC)[C@H](c3ccccc3OC)C2)[C@H]1c1ccccc1C(F)(F)F. The molecule has 1 heterocycles. The molecule has 0 spiro atoms. The Morgan fingerprint density at radius 3 is 2.23 bits per heavy atom. The largest absolute Gasteiger partial charge is 0.496 e. The molecular weight excluding hydrogens is 527 g/mol. The smallest absolute Gasteiger partial charge is 0.416 e. The van der Waals surface area contributed by atoms with Crippen molar-refractivity contribution in [1.29, 1.82) is 0 Å². The number of hydrogen-bond donors (Lipinski definition) is 1. The molecule has 0 bridgehead atoms. The Balaban J connectivity index is 1.99. The van der Waals surface area contributed by atoms with E-state index < -0.39 is 47.2 Å². The van der Waals surface area contributed by atoms with Crippen LogP contribution < -0.4 is 10.1 Å². The standard InChI is InChI=1S/C30H30F3NO6/c1-5-39-28(36)23-16(3)34-21-15-19(17-11-8-10-14-22(17)38-4)25(29(37)40-6-2)27(35)26(21)24(23)18-12-7-9-13-20(18)30(31,32)33/h7-14,19,24-25,34H,5-6,15H2,1-4H3/t19-,24-,25+/m0/s1. The number of esters is 2. The molecule has 0 saturated heterocycles. The Hall–Kier alpha value is -4.08. The molecule has 3 atom stereocenters. The predicted octanol–water partition coefficient (Wildman–Crippen LogP) is 5.43. The maximum Gasteiger partial charge on any atom is 0.416 e. The van der Waals surface area contributed by atoms with Gasteiger partial charge in [0, 0.05) is 28.8 Å². The van der Waals surface area contributed by atoms with Crippen LogP contribution in [0.3, 0.4) is 0 Å². The van der Waals surface area contributed by atoms with Crippen molar-refractivity contribution in [2.24, 2.45) is 5.92 Å². The first kappa shape index (κ1) is 28.9. The van der Waals surface area contributed by atoms with Crippen molar-refractivity contribution in [3.8, 4) is 5.75 Å². The molecule has 2 aromatic carbocycles. The van der Waals surface area contributed by atoms with Crippen molar-refractivity contribution < 1.29 is 41.8 Å². The minimum absolute atomic E-state index is 0.00116. The number of ether oxygens (including phenoxy) is 3. The van der Waals surface area contributed by atoms with Gasteiger partial charge in [-0.25, -0.2) is 4.79 Å². The first-order valence-electron chi connectivity index (χ1n) is 12.9. The topological polar surface area (TPSA) is 90.9 Å². The summed E-state index contributed by atoms with van der Waals surface area (Å²) < 4.78 is 58.7. The van der Waals surface area contributed by atoms with E-state index in [1.54, 1.807) is 45.0 Å². The molecular formula is C30H30F3NO6. The van der Waals surface area contributed by atoms with E-state index in [1.807, 2.05) is 0 Å². The third-order valence-corrected chi connectivity index (χ3v) is 7.17. The number of nitrogens with one attached hydrogen (secondary N) is 1. The molecule has 40 heavy (non-hydrogen) atoms. The van der Waals surface area contributed by atoms with Gasteiger partial charge in [0.05, 0.1) is 31.5 Å². The van der Waals surface area contributed by atoms with Crippen LogP contribution >= 0.6 is 0 Å². The number of halogens is 3. The molecule has 1 N–H and O–H groups in total. The summed E-state index contributed by atoms with van der Waals surface area (Å²) in [6.45, 7) is 4.71. The summed E-state index contributed by atoms with van der Waals surface area (Å²) in [6, 6.07) is 11.7. The average molecular weight is 558 g/mol. The van der Waals surface area contributed by atoms with Crippen molar-refractivity contribution in [2.75, 3.05) is 20.3 Å². The first-order chi connectivity index (χ1) is 19.0. The summed E-state index contributed by atoms with van der Waals surface area (Å²) in [6.07, 6.45) is -4.68. The van der Waals surface area contributed by atoms with Crippen molar-refractivity contribution >= 4 is 17.7 Å². The summed E-state index contributed by atoms with van der Waals surface area (Å²) in [4.78, 5) is 40.8. The second kappa shape index (κ2) is 11.6. The molecule has 0 fully saturated rings. The fourth-order valence-corrected chi connectivity index (χ4v) is 5.60. The van der Waals surface area contributed by atoms with Gasteiger partial charge in [0.1, 0.15) is 11.7 Å². The van der Waals surface area contributed by atoms with Crippen LogP contribution in [0, 0.1) is 5.92 Å². The van der Waals surface area contributed by atoms with Gasteiger partial charge in [0.2, 0.25) is 0 Å². The van der Waals surface area contributed by atoms with Gasteiger partial charge >= 0.3 is 18.1 Å². The third-order valence-electron chi connectivity index (χ3n) is 7.17. The molecule has 7 nitrogen and oxygen atoms in total. The number of carbonyl (C=O) groups is 3. The van der Waals surface area contributed by atoms with E-state index in [0.717, 1.165) is 6.07 Å². The molecule has 2 aromatic rings. The van der Waals surface area contributed by atoms with Gasteiger partial charge in [0.15, 0.2) is 5.78 Å². The minimum Gasteiger partial charge on any atom is -0.496 e. The lowest BCUT2D eigenvalue weighted by molar-refractivity contribution is -0.152. The lowest BCUT2D eigenvalue weighted by Gasteiger charge is -2.40. The zero-order valence-electron chi connectivity index (χ0n) is 22.6. The molecule has 0 aromatic heterocycles. The number of dihydropyridines is 1. The molecule has 10 heteroatoms. The van der Waals surface area contributed by atoms with Crippen LogP contribution in [0.15, 0.2) is 71.1 Å². The highest BCUT2D eigenvalue weighted by molar-refractivity contribution is 6.13. The lowest BCUT2D eigenvalue weighted by atomic mass is 9.66. The fraction of sp³-hybridized carbons (Fsp3) is 0.367. The van der Waals surface area contributed by atoms with Crippen molar-refractivity contribution in [1.82, 2.24) is 5.32 Å². The van der Waals surface area contributed by atoms with Gasteiger partial charge in [-0.15, -0.1) is 0 Å². The number of hydrogen-bond acceptors (Lipinski definition) is 7. The summed E-state index contributed by atoms with van der Waals surface area (Å²) in [5.41, 5.74) is -0.309. The number of para-hydroxylation sites is 1. The van der Waals surface area contributed by atoms with Gasteiger partial charge in [-0.1, -0.05) is 36.4 Å². The molecule has 0 unspecified atom stereocenters. The highest BCUT2D eigenvalue weighted by atomic mass is 19.4. The summed E-state index contributed by atoms with van der Waals surface area (Å²) >= 11 is 0.